The standard InChI is InChI=1S/C59H38N2/c1-3-18-40(19-4-1)57-55(35-36-56-58(57)49-26-12-16-30-54(49)61(56)42-21-5-2-6-22-42)60(43-32-31-39-17-7-8-20-41(39)37-43)44-33-34-48-47-25-11-15-29-52(47)59(53(48)38-44)50-27-13-9-23-45(50)46-24-10-14-28-51(46)59/h1-38H. The molecule has 1 heterocycles. The van der Waals surface area contributed by atoms with E-state index in [2.05, 4.69) is 240 Å². The summed E-state index contributed by atoms with van der Waals surface area (Å²) in [5.41, 5.74) is 19.3. The van der Waals surface area contributed by atoms with Crippen molar-refractivity contribution in [1.29, 1.82) is 0 Å². The molecule has 0 saturated heterocycles. The molecule has 61 heavy (non-hydrogen) atoms. The zero-order valence-corrected chi connectivity index (χ0v) is 33.3. The van der Waals surface area contributed by atoms with Crippen LogP contribution in [0.25, 0.3) is 71.6 Å². The number of anilines is 3. The normalized spacial score (nSPS) is 13.0. The zero-order valence-electron chi connectivity index (χ0n) is 33.3. The van der Waals surface area contributed by atoms with Crippen molar-refractivity contribution in [1.82, 2.24) is 4.57 Å². The Bertz CT molecular complexity index is 3480. The molecule has 13 rings (SSSR count). The van der Waals surface area contributed by atoms with Gasteiger partial charge < -0.3 is 9.47 Å². The van der Waals surface area contributed by atoms with Gasteiger partial charge in [-0.25, -0.2) is 0 Å². The van der Waals surface area contributed by atoms with Crippen LogP contribution in [0.1, 0.15) is 22.3 Å². The lowest BCUT2D eigenvalue weighted by Crippen LogP contribution is -2.26. The molecule has 2 heteroatoms. The summed E-state index contributed by atoms with van der Waals surface area (Å²) in [5.74, 6) is 0. The summed E-state index contributed by atoms with van der Waals surface area (Å²) in [6.45, 7) is 0. The Kier molecular flexibility index (Phi) is 7.26. The maximum atomic E-state index is 2.52. The van der Waals surface area contributed by atoms with E-state index < -0.39 is 5.41 Å². The Labute approximate surface area is 354 Å². The number of hydrogen-bond donors (Lipinski definition) is 0. The van der Waals surface area contributed by atoms with Crippen LogP contribution in [-0.4, -0.2) is 4.57 Å². The number of nitrogens with zero attached hydrogens (tertiary/aromatic N) is 2. The van der Waals surface area contributed by atoms with Crippen molar-refractivity contribution in [2.45, 2.75) is 5.41 Å². The third kappa shape index (κ3) is 4.73. The second kappa shape index (κ2) is 13.0. The van der Waals surface area contributed by atoms with Crippen molar-refractivity contribution in [3.8, 4) is 39.1 Å². The Morgan fingerprint density at radius 2 is 0.902 bits per heavy atom. The lowest BCUT2D eigenvalue weighted by Gasteiger charge is -2.33. The molecule has 0 aliphatic heterocycles. The topological polar surface area (TPSA) is 8.17 Å². The zero-order chi connectivity index (χ0) is 40.1. The van der Waals surface area contributed by atoms with Crippen molar-refractivity contribution in [2.24, 2.45) is 0 Å². The van der Waals surface area contributed by atoms with Crippen LogP contribution < -0.4 is 4.90 Å². The average Bonchev–Trinajstić information content (AvgIpc) is 3.94. The number of fused-ring (bicyclic) bond motifs is 14. The molecule has 1 aromatic heterocycles. The largest absolute Gasteiger partial charge is 0.310 e. The molecular weight excluding hydrogens is 737 g/mol. The quantitative estimate of drug-likeness (QED) is 0.169. The van der Waals surface area contributed by atoms with Gasteiger partial charge in [0.2, 0.25) is 0 Å². The van der Waals surface area contributed by atoms with Crippen molar-refractivity contribution in [3.63, 3.8) is 0 Å². The third-order valence-electron chi connectivity index (χ3n) is 13.4. The first-order valence-electron chi connectivity index (χ1n) is 21.2. The van der Waals surface area contributed by atoms with Crippen LogP contribution in [0.4, 0.5) is 17.1 Å². The monoisotopic (exact) mass is 774 g/mol. The van der Waals surface area contributed by atoms with E-state index >= 15 is 0 Å². The maximum Gasteiger partial charge on any atom is 0.0726 e. The van der Waals surface area contributed by atoms with Gasteiger partial charge in [0.15, 0.2) is 0 Å². The van der Waals surface area contributed by atoms with E-state index in [1.165, 1.54) is 88.2 Å². The van der Waals surface area contributed by atoms with E-state index in [-0.39, 0.29) is 0 Å². The molecule has 0 unspecified atom stereocenters. The minimum absolute atomic E-state index is 0.459. The van der Waals surface area contributed by atoms with Crippen LogP contribution in [0.2, 0.25) is 0 Å². The van der Waals surface area contributed by atoms with E-state index in [0.717, 1.165) is 22.7 Å². The lowest BCUT2D eigenvalue weighted by molar-refractivity contribution is 0.793. The number of benzene rings is 10. The van der Waals surface area contributed by atoms with Gasteiger partial charge in [0.05, 0.1) is 22.1 Å². The Morgan fingerprint density at radius 3 is 1.61 bits per heavy atom. The molecule has 11 aromatic rings. The second-order valence-electron chi connectivity index (χ2n) is 16.4. The minimum atomic E-state index is -0.459. The molecule has 0 fully saturated rings. The Balaban J connectivity index is 1.15. The molecule has 10 aromatic carbocycles. The minimum Gasteiger partial charge on any atom is -0.310 e. The summed E-state index contributed by atoms with van der Waals surface area (Å²) in [4.78, 5) is 2.52. The fourth-order valence-corrected chi connectivity index (χ4v) is 11.0. The molecular formula is C59H38N2. The number of para-hydroxylation sites is 2. The summed E-state index contributed by atoms with van der Waals surface area (Å²) in [6, 6.07) is 85.4. The molecule has 284 valence electrons. The van der Waals surface area contributed by atoms with Crippen LogP contribution in [0.3, 0.4) is 0 Å². The molecule has 2 nitrogen and oxygen atoms in total. The van der Waals surface area contributed by atoms with E-state index in [0.29, 0.717) is 0 Å². The number of rotatable bonds is 5. The van der Waals surface area contributed by atoms with Gasteiger partial charge in [-0.1, -0.05) is 176 Å². The van der Waals surface area contributed by atoms with Gasteiger partial charge in [-0.15, -0.1) is 0 Å². The number of hydrogen-bond acceptors (Lipinski definition) is 1. The average molecular weight is 775 g/mol. The molecule has 0 radical (unpaired) electrons. The molecule has 2 aliphatic carbocycles. The predicted octanol–water partition coefficient (Wildman–Crippen LogP) is 15.4. The van der Waals surface area contributed by atoms with E-state index in [9.17, 15) is 0 Å². The molecule has 0 bridgehead atoms. The molecule has 0 saturated carbocycles. The maximum absolute atomic E-state index is 2.52. The second-order valence-corrected chi connectivity index (χ2v) is 16.4. The molecule has 0 N–H and O–H groups in total. The summed E-state index contributed by atoms with van der Waals surface area (Å²) < 4.78 is 2.42. The van der Waals surface area contributed by atoms with E-state index in [1.54, 1.807) is 0 Å². The van der Waals surface area contributed by atoms with Crippen LogP contribution in [0.5, 0.6) is 0 Å². The SMILES string of the molecule is c1ccc(-c2c(N(c3ccc4c(c3)C3(c5ccccc5-c5ccccc53)c3ccccc3-4)c3ccc4ccccc4c3)ccc3c2c2ccccc2n3-c2ccccc2)cc1. The van der Waals surface area contributed by atoms with Gasteiger partial charge in [-0.05, 0) is 115 Å². The van der Waals surface area contributed by atoms with Gasteiger partial charge >= 0.3 is 0 Å². The van der Waals surface area contributed by atoms with Gasteiger partial charge in [-0.2, -0.15) is 0 Å². The van der Waals surface area contributed by atoms with Crippen molar-refractivity contribution >= 4 is 49.6 Å². The van der Waals surface area contributed by atoms with Crippen LogP contribution in [0.15, 0.2) is 231 Å². The molecule has 0 atom stereocenters. The molecule has 0 amide bonds. The smallest absolute Gasteiger partial charge is 0.0726 e. The van der Waals surface area contributed by atoms with Crippen LogP contribution in [0, 0.1) is 0 Å². The highest BCUT2D eigenvalue weighted by atomic mass is 15.1. The van der Waals surface area contributed by atoms with Crippen LogP contribution >= 0.6 is 0 Å². The first-order chi connectivity index (χ1) is 30.3. The summed E-state index contributed by atoms with van der Waals surface area (Å²) in [7, 11) is 0. The Morgan fingerprint density at radius 1 is 0.361 bits per heavy atom. The van der Waals surface area contributed by atoms with Crippen molar-refractivity contribution in [2.75, 3.05) is 4.90 Å². The molecule has 2 aliphatic rings. The fraction of sp³-hybridized carbons (Fsp3) is 0.0169. The van der Waals surface area contributed by atoms with Gasteiger partial charge in [-0.3, -0.25) is 0 Å². The lowest BCUT2D eigenvalue weighted by atomic mass is 9.70. The van der Waals surface area contributed by atoms with Crippen LogP contribution in [-0.2, 0) is 5.41 Å². The van der Waals surface area contributed by atoms with Gasteiger partial charge in [0, 0.05) is 33.4 Å². The van der Waals surface area contributed by atoms with E-state index in [4.69, 9.17) is 0 Å². The fourth-order valence-electron chi connectivity index (χ4n) is 11.0. The summed E-state index contributed by atoms with van der Waals surface area (Å²) >= 11 is 0. The van der Waals surface area contributed by atoms with E-state index in [1.807, 2.05) is 0 Å². The molecule has 1 spiro atoms. The van der Waals surface area contributed by atoms with Gasteiger partial charge in [0.25, 0.3) is 0 Å². The highest BCUT2D eigenvalue weighted by Crippen LogP contribution is 2.63. The van der Waals surface area contributed by atoms with Crippen molar-refractivity contribution in [3.05, 3.63) is 253 Å². The Hall–Kier alpha value is -7.94. The van der Waals surface area contributed by atoms with Gasteiger partial charge in [0.1, 0.15) is 0 Å². The first-order valence-corrected chi connectivity index (χ1v) is 21.2. The first kappa shape index (κ1) is 34.0. The summed E-state index contributed by atoms with van der Waals surface area (Å²) in [6.07, 6.45) is 0. The highest BCUT2D eigenvalue weighted by molar-refractivity contribution is 6.19. The number of aromatic nitrogens is 1. The third-order valence-corrected chi connectivity index (χ3v) is 13.4. The predicted molar refractivity (Wildman–Crippen MR) is 255 cm³/mol. The van der Waals surface area contributed by atoms with Crippen molar-refractivity contribution < 1.29 is 0 Å². The summed E-state index contributed by atoms with van der Waals surface area (Å²) in [5, 5.41) is 4.88. The highest BCUT2D eigenvalue weighted by Gasteiger charge is 2.51.